The van der Waals surface area contributed by atoms with Gasteiger partial charge in [0.15, 0.2) is 6.10 Å². The number of esters is 1. The van der Waals surface area contributed by atoms with E-state index in [0.29, 0.717) is 5.56 Å². The molecule has 1 fully saturated rings. The molecule has 0 saturated carbocycles. The van der Waals surface area contributed by atoms with Crippen molar-refractivity contribution in [1.29, 1.82) is 0 Å². The predicted molar refractivity (Wildman–Crippen MR) is 228 cm³/mol. The molecule has 6 amide bonds. The van der Waals surface area contributed by atoms with Crippen LogP contribution in [0, 0.1) is 29.5 Å². The van der Waals surface area contributed by atoms with E-state index in [2.05, 4.69) is 22.9 Å². The van der Waals surface area contributed by atoms with E-state index in [0.717, 1.165) is 19.3 Å². The second-order valence-electron chi connectivity index (χ2n) is 18.0. The molecule has 15 heteroatoms. The van der Waals surface area contributed by atoms with Crippen LogP contribution in [0.15, 0.2) is 24.3 Å². The molecule has 60 heavy (non-hydrogen) atoms. The zero-order chi connectivity index (χ0) is 45.6. The van der Waals surface area contributed by atoms with Gasteiger partial charge in [-0.05, 0) is 80.9 Å². The summed E-state index contributed by atoms with van der Waals surface area (Å²) in [4.78, 5) is 103. The summed E-state index contributed by atoms with van der Waals surface area (Å²) in [6.07, 6.45) is 2.04. The summed E-state index contributed by atoms with van der Waals surface area (Å²) in [5, 5.41) is 8.54. The molecule has 1 aliphatic rings. The van der Waals surface area contributed by atoms with E-state index in [9.17, 15) is 38.0 Å². The smallest absolute Gasteiger partial charge is 0.329 e. The normalized spacial score (nSPS) is 25.6. The molecule has 1 saturated heterocycles. The highest BCUT2D eigenvalue weighted by Crippen LogP contribution is 2.21. The van der Waals surface area contributed by atoms with Crippen molar-refractivity contribution in [3.63, 3.8) is 0 Å². The van der Waals surface area contributed by atoms with Crippen LogP contribution in [0.5, 0.6) is 0 Å². The quantitative estimate of drug-likeness (QED) is 0.241. The number of rotatable bonds is 13. The number of benzene rings is 1. The van der Waals surface area contributed by atoms with Crippen LogP contribution in [0.3, 0.4) is 0 Å². The minimum absolute atomic E-state index is 0.0213. The summed E-state index contributed by atoms with van der Waals surface area (Å²) in [6.45, 7) is 18.2. The SMILES string of the molecule is CCCC[C@H](C)C[C@@H]1NC(=O)[C@H](Cc2ccc(F)cc2)N(C)C(=O)[C@H](CC(C)C)NC(=O)[C@H](CC(C)C)N(C)C(=O)[C@H](CC(C)C)NC(=O)[C@@H](C)OC(=O)[C@H](C)N(C)C1=O. The van der Waals surface area contributed by atoms with Gasteiger partial charge in [-0.25, -0.2) is 9.18 Å². The van der Waals surface area contributed by atoms with E-state index in [4.69, 9.17) is 4.74 Å². The Balaban J connectivity index is 2.83. The number of amides is 6. The maximum atomic E-state index is 14.6. The number of carbonyl (C=O) groups is 7. The average molecular weight is 845 g/mol. The van der Waals surface area contributed by atoms with Crippen molar-refractivity contribution in [3.8, 4) is 0 Å². The molecule has 0 bridgehead atoms. The Hall–Kier alpha value is -4.56. The molecular formula is C45H73FN6O8. The first-order chi connectivity index (χ1) is 28.0. The maximum absolute atomic E-state index is 14.6. The van der Waals surface area contributed by atoms with E-state index >= 15 is 0 Å². The van der Waals surface area contributed by atoms with Crippen LogP contribution in [0.25, 0.3) is 0 Å². The highest BCUT2D eigenvalue weighted by molar-refractivity contribution is 5.97. The highest BCUT2D eigenvalue weighted by atomic mass is 19.1. The van der Waals surface area contributed by atoms with Gasteiger partial charge in [0.25, 0.3) is 5.91 Å². The Morgan fingerprint density at radius 2 is 1.05 bits per heavy atom. The fourth-order valence-electron chi connectivity index (χ4n) is 7.36. The standard InChI is InChI=1S/C45H73FN6O8/c1-14-15-16-29(8)24-36-42(56)50(11)30(9)45(59)60-31(10)39(53)47-34(21-26(2)3)43(57)51(12)37(23-28(6)7)40(54)48-35(22-27(4)5)44(58)52(13)38(41(55)49-36)25-32-17-19-33(46)20-18-32/h17-20,26-31,34-38H,14-16,21-25H2,1-13H3,(H,47,53)(H,48,54)(H,49,55)/t29-,30-,31+,34-,35-,36-,37-,38-/m0/s1. The number of likely N-dealkylation sites (N-methyl/N-ethyl adjacent to an activating group) is 3. The molecule has 1 aliphatic heterocycles. The van der Waals surface area contributed by atoms with Gasteiger partial charge in [-0.2, -0.15) is 0 Å². The molecule has 0 aromatic heterocycles. The van der Waals surface area contributed by atoms with Crippen molar-refractivity contribution in [2.24, 2.45) is 23.7 Å². The van der Waals surface area contributed by atoms with E-state index in [1.807, 2.05) is 48.5 Å². The predicted octanol–water partition coefficient (Wildman–Crippen LogP) is 4.62. The van der Waals surface area contributed by atoms with Crippen LogP contribution in [0.4, 0.5) is 4.39 Å². The zero-order valence-corrected chi connectivity index (χ0v) is 38.3. The lowest BCUT2D eigenvalue weighted by atomic mass is 9.94. The number of nitrogens with zero attached hydrogens (tertiary/aromatic N) is 3. The topological polar surface area (TPSA) is 175 Å². The Labute approximate surface area is 357 Å². The summed E-state index contributed by atoms with van der Waals surface area (Å²) < 4.78 is 19.6. The minimum atomic E-state index is -1.35. The van der Waals surface area contributed by atoms with Crippen molar-refractivity contribution in [1.82, 2.24) is 30.7 Å². The lowest BCUT2D eigenvalue weighted by Gasteiger charge is -2.35. The number of cyclic esters (lactones) is 1. The molecule has 8 atom stereocenters. The van der Waals surface area contributed by atoms with Crippen LogP contribution in [0.1, 0.15) is 120 Å². The minimum Gasteiger partial charge on any atom is -0.451 e. The number of unbranched alkanes of at least 4 members (excludes halogenated alkanes) is 1. The number of halogens is 1. The lowest BCUT2D eigenvalue weighted by Crippen LogP contribution is -2.60. The van der Waals surface area contributed by atoms with Crippen LogP contribution >= 0.6 is 0 Å². The zero-order valence-electron chi connectivity index (χ0n) is 38.3. The molecule has 338 valence electrons. The molecule has 3 N–H and O–H groups in total. The summed E-state index contributed by atoms with van der Waals surface area (Å²) in [6, 6.07) is -1.24. The van der Waals surface area contributed by atoms with E-state index in [1.54, 1.807) is 0 Å². The van der Waals surface area contributed by atoms with E-state index in [1.165, 1.54) is 74.0 Å². The Morgan fingerprint density at radius 3 is 1.53 bits per heavy atom. The van der Waals surface area contributed by atoms with Crippen molar-refractivity contribution in [3.05, 3.63) is 35.6 Å². The number of ether oxygens (including phenoxy) is 1. The first-order valence-corrected chi connectivity index (χ1v) is 21.6. The summed E-state index contributed by atoms with van der Waals surface area (Å²) in [7, 11) is 4.35. The molecule has 0 unspecified atom stereocenters. The third kappa shape index (κ3) is 15.5. The van der Waals surface area contributed by atoms with Gasteiger partial charge in [-0.3, -0.25) is 28.8 Å². The van der Waals surface area contributed by atoms with E-state index in [-0.39, 0.29) is 55.8 Å². The van der Waals surface area contributed by atoms with Crippen LogP contribution in [0.2, 0.25) is 0 Å². The summed E-state index contributed by atoms with van der Waals surface area (Å²) in [5.74, 6) is -5.27. The van der Waals surface area contributed by atoms with Crippen molar-refractivity contribution < 1.29 is 42.7 Å². The van der Waals surface area contributed by atoms with E-state index < -0.39 is 89.6 Å². The molecular weight excluding hydrogens is 772 g/mol. The molecule has 2 rings (SSSR count). The third-order valence-corrected chi connectivity index (χ3v) is 11.2. The summed E-state index contributed by atoms with van der Waals surface area (Å²) in [5.41, 5.74) is 0.546. The van der Waals surface area contributed by atoms with Gasteiger partial charge in [0.1, 0.15) is 42.1 Å². The van der Waals surface area contributed by atoms with Gasteiger partial charge in [0, 0.05) is 27.6 Å². The second kappa shape index (κ2) is 24.0. The fourth-order valence-corrected chi connectivity index (χ4v) is 7.36. The third-order valence-electron chi connectivity index (χ3n) is 11.2. The van der Waals surface area contributed by atoms with Gasteiger partial charge >= 0.3 is 5.97 Å². The van der Waals surface area contributed by atoms with Crippen LogP contribution in [-0.2, 0) is 44.7 Å². The van der Waals surface area contributed by atoms with Crippen LogP contribution < -0.4 is 16.0 Å². The average Bonchev–Trinajstić information content (AvgIpc) is 3.17. The lowest BCUT2D eigenvalue weighted by molar-refractivity contribution is -0.162. The largest absolute Gasteiger partial charge is 0.451 e. The Morgan fingerprint density at radius 1 is 0.617 bits per heavy atom. The molecule has 0 spiro atoms. The molecule has 1 aromatic rings. The van der Waals surface area contributed by atoms with Gasteiger partial charge < -0.3 is 35.4 Å². The number of hydrogen-bond acceptors (Lipinski definition) is 8. The molecule has 0 radical (unpaired) electrons. The van der Waals surface area contributed by atoms with Gasteiger partial charge in [-0.15, -0.1) is 0 Å². The number of nitrogens with one attached hydrogen (secondary N) is 3. The second-order valence-corrected chi connectivity index (χ2v) is 18.0. The Kier molecular flexibility index (Phi) is 20.7. The first-order valence-electron chi connectivity index (χ1n) is 21.6. The van der Waals surface area contributed by atoms with Crippen LogP contribution in [-0.4, -0.2) is 120 Å². The van der Waals surface area contributed by atoms with Crippen molar-refractivity contribution >= 4 is 41.4 Å². The molecule has 1 heterocycles. The van der Waals surface area contributed by atoms with Crippen molar-refractivity contribution in [2.45, 2.75) is 163 Å². The number of carbonyl (C=O) groups excluding carboxylic acids is 7. The Bertz CT molecular complexity index is 1620. The summed E-state index contributed by atoms with van der Waals surface area (Å²) >= 11 is 0. The molecule has 1 aromatic carbocycles. The van der Waals surface area contributed by atoms with Gasteiger partial charge in [0.2, 0.25) is 29.5 Å². The monoisotopic (exact) mass is 845 g/mol. The highest BCUT2D eigenvalue weighted by Gasteiger charge is 2.40. The molecule has 14 nitrogen and oxygen atoms in total. The van der Waals surface area contributed by atoms with Gasteiger partial charge in [0.05, 0.1) is 0 Å². The van der Waals surface area contributed by atoms with Crippen molar-refractivity contribution in [2.75, 3.05) is 21.1 Å². The maximum Gasteiger partial charge on any atom is 0.329 e. The molecule has 0 aliphatic carbocycles. The van der Waals surface area contributed by atoms with Gasteiger partial charge in [-0.1, -0.05) is 86.8 Å². The number of hydrogen-bond donors (Lipinski definition) is 3. The fraction of sp³-hybridized carbons (Fsp3) is 0.711. The first kappa shape index (κ1) is 51.6.